The number of hydrogen-bond acceptors (Lipinski definition) is 3. The summed E-state index contributed by atoms with van der Waals surface area (Å²) in [4.78, 5) is 0. The Morgan fingerprint density at radius 2 is 1.35 bits per heavy atom. The Labute approximate surface area is 190 Å². The number of aryl methyl sites for hydroxylation is 2. The third-order valence-electron chi connectivity index (χ3n) is 6.00. The summed E-state index contributed by atoms with van der Waals surface area (Å²) in [7, 11) is 0. The largest absolute Gasteiger partial charge is 0.504 e. The van der Waals surface area contributed by atoms with Gasteiger partial charge in [0.25, 0.3) is 0 Å². The number of aliphatic hydroxyl groups is 1. The first-order valence-electron chi connectivity index (χ1n) is 11.6. The lowest BCUT2D eigenvalue weighted by Gasteiger charge is -2.24. The first-order valence-corrected chi connectivity index (χ1v) is 11.6. The lowest BCUT2D eigenvalue weighted by molar-refractivity contribution is 0.0431. The van der Waals surface area contributed by atoms with E-state index in [1.54, 1.807) is 6.92 Å². The molecule has 3 nitrogen and oxygen atoms in total. The van der Waals surface area contributed by atoms with Gasteiger partial charge in [-0.15, -0.1) is 0 Å². The van der Waals surface area contributed by atoms with Gasteiger partial charge in [-0.2, -0.15) is 0 Å². The Bertz CT molecular complexity index is 806. The highest BCUT2D eigenvalue weighted by Gasteiger charge is 2.22. The molecule has 0 amide bonds. The van der Waals surface area contributed by atoms with E-state index in [1.165, 1.54) is 16.7 Å². The van der Waals surface area contributed by atoms with Gasteiger partial charge in [-0.05, 0) is 111 Å². The summed E-state index contributed by atoms with van der Waals surface area (Å²) < 4.78 is 0. The summed E-state index contributed by atoms with van der Waals surface area (Å²) in [5, 5.41) is 31.0. The van der Waals surface area contributed by atoms with Crippen LogP contribution in [-0.4, -0.2) is 20.9 Å². The van der Waals surface area contributed by atoms with Crippen LogP contribution in [0.25, 0.3) is 0 Å². The molecule has 0 fully saturated rings. The van der Waals surface area contributed by atoms with Crippen molar-refractivity contribution in [2.45, 2.75) is 105 Å². The molecule has 0 heterocycles. The smallest absolute Gasteiger partial charge is 0.161 e. The Morgan fingerprint density at radius 3 is 1.94 bits per heavy atom. The number of phenols is 2. The zero-order chi connectivity index (χ0) is 23.6. The van der Waals surface area contributed by atoms with Gasteiger partial charge in [-0.25, -0.2) is 0 Å². The second kappa shape index (κ2) is 12.8. The highest BCUT2D eigenvalue weighted by atomic mass is 16.3. The Hall–Kier alpha value is -2.00. The number of hydrogen-bond donors (Lipinski definition) is 3. The first-order chi connectivity index (χ1) is 14.4. The molecule has 0 aliphatic rings. The summed E-state index contributed by atoms with van der Waals surface area (Å²) in [5.74, 6) is -0.103. The molecule has 0 aromatic heterocycles. The molecule has 0 aliphatic heterocycles. The lowest BCUT2D eigenvalue weighted by Crippen LogP contribution is -2.24. The van der Waals surface area contributed by atoms with Crippen LogP contribution in [0.15, 0.2) is 41.0 Å². The van der Waals surface area contributed by atoms with Gasteiger partial charge >= 0.3 is 0 Å². The van der Waals surface area contributed by atoms with Crippen molar-refractivity contribution in [3.8, 4) is 11.5 Å². The molecule has 0 saturated carbocycles. The fraction of sp³-hybridized carbons (Fsp3) is 0.571. The fourth-order valence-electron chi connectivity index (χ4n) is 3.80. The maximum atomic E-state index is 10.8. The Morgan fingerprint density at radius 1 is 0.806 bits per heavy atom. The molecule has 0 radical (unpaired) electrons. The van der Waals surface area contributed by atoms with Crippen LogP contribution in [-0.2, 0) is 6.42 Å². The third-order valence-corrected chi connectivity index (χ3v) is 6.00. The molecule has 1 atom stereocenters. The number of rotatable bonds is 12. The number of allylic oxidation sites excluding steroid dienone is 6. The van der Waals surface area contributed by atoms with Gasteiger partial charge in [0.05, 0.1) is 5.60 Å². The van der Waals surface area contributed by atoms with E-state index in [0.717, 1.165) is 43.2 Å². The molecule has 31 heavy (non-hydrogen) atoms. The minimum Gasteiger partial charge on any atom is -0.504 e. The molecular formula is C28H44O3. The lowest BCUT2D eigenvalue weighted by atomic mass is 9.89. The van der Waals surface area contributed by atoms with E-state index < -0.39 is 5.60 Å². The van der Waals surface area contributed by atoms with Gasteiger partial charge < -0.3 is 15.3 Å². The topological polar surface area (TPSA) is 60.7 Å². The zero-order valence-electron chi connectivity index (χ0n) is 20.8. The van der Waals surface area contributed by atoms with E-state index >= 15 is 0 Å². The van der Waals surface area contributed by atoms with Crippen molar-refractivity contribution in [3.05, 3.63) is 57.7 Å². The molecule has 0 spiro atoms. The van der Waals surface area contributed by atoms with E-state index in [9.17, 15) is 15.3 Å². The first kappa shape index (κ1) is 27.0. The quantitative estimate of drug-likeness (QED) is 0.237. The number of benzene rings is 1. The van der Waals surface area contributed by atoms with Gasteiger partial charge in [0.1, 0.15) is 0 Å². The summed E-state index contributed by atoms with van der Waals surface area (Å²) in [6.45, 7) is 14.2. The van der Waals surface area contributed by atoms with Crippen molar-refractivity contribution in [2.24, 2.45) is 0 Å². The van der Waals surface area contributed by atoms with E-state index in [1.807, 2.05) is 19.9 Å². The maximum absolute atomic E-state index is 10.8. The molecule has 3 heteroatoms. The summed E-state index contributed by atoms with van der Waals surface area (Å²) in [6, 6.07) is 1.88. The van der Waals surface area contributed by atoms with Gasteiger partial charge in [0.2, 0.25) is 0 Å². The predicted molar refractivity (Wildman–Crippen MR) is 133 cm³/mol. The molecule has 3 N–H and O–H groups in total. The van der Waals surface area contributed by atoms with Crippen LogP contribution >= 0.6 is 0 Å². The van der Waals surface area contributed by atoms with Crippen molar-refractivity contribution >= 4 is 0 Å². The molecule has 1 aromatic rings. The average molecular weight is 429 g/mol. The predicted octanol–water partition coefficient (Wildman–Crippen LogP) is 7.60. The van der Waals surface area contributed by atoms with Crippen LogP contribution in [0.2, 0.25) is 0 Å². The molecule has 0 aliphatic carbocycles. The van der Waals surface area contributed by atoms with E-state index in [-0.39, 0.29) is 11.5 Å². The maximum Gasteiger partial charge on any atom is 0.161 e. The number of aromatic hydroxyl groups is 2. The van der Waals surface area contributed by atoms with Crippen molar-refractivity contribution in [1.29, 1.82) is 0 Å². The molecule has 0 saturated heterocycles. The minimum absolute atomic E-state index is 0.0479. The van der Waals surface area contributed by atoms with Crippen molar-refractivity contribution in [3.63, 3.8) is 0 Å². The van der Waals surface area contributed by atoms with E-state index in [2.05, 4.69) is 45.9 Å². The molecular weight excluding hydrogens is 384 g/mol. The highest BCUT2D eigenvalue weighted by molar-refractivity contribution is 5.53. The van der Waals surface area contributed by atoms with Crippen LogP contribution < -0.4 is 0 Å². The zero-order valence-corrected chi connectivity index (χ0v) is 20.8. The van der Waals surface area contributed by atoms with Crippen molar-refractivity contribution < 1.29 is 15.3 Å². The second-order valence-electron chi connectivity index (χ2n) is 9.68. The standard InChI is InChI=1S/C28H44O3/c1-20(2)11-8-12-21(3)13-9-14-22(4)15-10-17-28(7,31)18-16-25-23(5)19-24(6)26(29)27(25)30/h11,13,15,19,29-31H,8-10,12,14,16-18H2,1-7H3/b21-13+,22-15+. The van der Waals surface area contributed by atoms with Crippen molar-refractivity contribution in [1.82, 2.24) is 0 Å². The van der Waals surface area contributed by atoms with E-state index in [4.69, 9.17) is 0 Å². The van der Waals surface area contributed by atoms with Crippen molar-refractivity contribution in [2.75, 3.05) is 0 Å². The number of phenolic OH excluding ortho intramolecular Hbond substituents is 2. The molecule has 1 unspecified atom stereocenters. The normalized spacial score (nSPS) is 14.5. The average Bonchev–Trinajstić information content (AvgIpc) is 2.65. The van der Waals surface area contributed by atoms with Crippen LogP contribution in [0, 0.1) is 13.8 Å². The van der Waals surface area contributed by atoms with Crippen LogP contribution in [0.1, 0.15) is 96.3 Å². The monoisotopic (exact) mass is 428 g/mol. The summed E-state index contributed by atoms with van der Waals surface area (Å²) in [6.07, 6.45) is 13.8. The van der Waals surface area contributed by atoms with Gasteiger partial charge in [-0.1, -0.05) is 41.0 Å². The van der Waals surface area contributed by atoms with Gasteiger partial charge in [-0.3, -0.25) is 0 Å². The Balaban J connectivity index is 2.47. The van der Waals surface area contributed by atoms with E-state index in [0.29, 0.717) is 24.8 Å². The van der Waals surface area contributed by atoms with Crippen LogP contribution in [0.3, 0.4) is 0 Å². The summed E-state index contributed by atoms with van der Waals surface area (Å²) in [5.41, 5.74) is 5.73. The third kappa shape index (κ3) is 10.2. The van der Waals surface area contributed by atoms with Gasteiger partial charge in [0.15, 0.2) is 11.5 Å². The van der Waals surface area contributed by atoms with Gasteiger partial charge in [0, 0.05) is 5.56 Å². The fourth-order valence-corrected chi connectivity index (χ4v) is 3.80. The minimum atomic E-state index is -0.808. The van der Waals surface area contributed by atoms with Crippen LogP contribution in [0.4, 0.5) is 0 Å². The molecule has 0 bridgehead atoms. The molecule has 174 valence electrons. The molecule has 1 rings (SSSR count). The summed E-state index contributed by atoms with van der Waals surface area (Å²) >= 11 is 0. The molecule has 1 aromatic carbocycles. The Kier molecular flexibility index (Phi) is 11.1. The SMILES string of the molecule is CC(C)=CCC/C(C)=C/CC/C(C)=C/CCC(C)(O)CCc1c(C)cc(C)c(O)c1O. The second-order valence-corrected chi connectivity index (χ2v) is 9.68. The van der Waals surface area contributed by atoms with Crippen LogP contribution in [0.5, 0.6) is 11.5 Å². The highest BCUT2D eigenvalue weighted by Crippen LogP contribution is 2.36.